The van der Waals surface area contributed by atoms with Gasteiger partial charge in [-0.15, -0.1) is 0 Å². The van der Waals surface area contributed by atoms with Crippen LogP contribution < -0.4 is 10.1 Å². The van der Waals surface area contributed by atoms with Gasteiger partial charge < -0.3 is 19.9 Å². The fourth-order valence-electron chi connectivity index (χ4n) is 4.38. The van der Waals surface area contributed by atoms with E-state index in [0.717, 1.165) is 34.0 Å². The molecule has 1 saturated carbocycles. The number of aliphatic imine (C=N–C) groups is 1. The number of rotatable bonds is 10. The Morgan fingerprint density at radius 3 is 2.47 bits per heavy atom. The summed E-state index contributed by atoms with van der Waals surface area (Å²) in [5.74, 6) is 1.02. The number of hydrogen-bond donors (Lipinski definition) is 2. The maximum absolute atomic E-state index is 13.9. The van der Waals surface area contributed by atoms with Crippen LogP contribution in [0.25, 0.3) is 0 Å². The Labute approximate surface area is 219 Å². The zero-order valence-electron chi connectivity index (χ0n) is 19.9. The molecule has 0 bridgehead atoms. The van der Waals surface area contributed by atoms with Crippen LogP contribution in [-0.4, -0.2) is 41.7 Å². The van der Waals surface area contributed by atoms with Crippen LogP contribution in [-0.2, 0) is 16.0 Å². The van der Waals surface area contributed by atoms with Gasteiger partial charge in [-0.25, -0.2) is 4.99 Å². The normalized spacial score (nSPS) is 20.9. The zero-order valence-corrected chi connectivity index (χ0v) is 21.5. The van der Waals surface area contributed by atoms with E-state index in [4.69, 9.17) is 19.6 Å². The van der Waals surface area contributed by atoms with Crippen molar-refractivity contribution in [2.24, 2.45) is 4.99 Å². The molecule has 0 unspecified atom stereocenters. The fourth-order valence-corrected chi connectivity index (χ4v) is 4.81. The number of benzene rings is 3. The summed E-state index contributed by atoms with van der Waals surface area (Å²) in [5.41, 5.74) is 1.50. The van der Waals surface area contributed by atoms with Crippen molar-refractivity contribution in [3.63, 3.8) is 0 Å². The molecule has 1 amide bonds. The SMILES string of the molecule is O=C(NC1CC1)[C@]1(Cc2ccccc2Br)N=C(c2ccc(OCCCO)cc2)O[C@@H]1c1ccccc1. The Kier molecular flexibility index (Phi) is 7.39. The highest BCUT2D eigenvalue weighted by Gasteiger charge is 2.54. The lowest BCUT2D eigenvalue weighted by Crippen LogP contribution is -2.50. The highest BCUT2D eigenvalue weighted by Crippen LogP contribution is 2.43. The van der Waals surface area contributed by atoms with Crippen molar-refractivity contribution in [3.05, 3.63) is 100 Å². The molecule has 186 valence electrons. The quantitative estimate of drug-likeness (QED) is 0.350. The molecule has 2 N–H and O–H groups in total. The van der Waals surface area contributed by atoms with Crippen LogP contribution in [0.3, 0.4) is 0 Å². The van der Waals surface area contributed by atoms with Crippen molar-refractivity contribution in [1.82, 2.24) is 5.32 Å². The van der Waals surface area contributed by atoms with Crippen molar-refractivity contribution in [2.75, 3.05) is 13.2 Å². The fraction of sp³-hybridized carbons (Fsp3) is 0.310. The molecule has 7 heteroatoms. The Bertz CT molecular complexity index is 1230. The second kappa shape index (κ2) is 10.8. The molecule has 1 aliphatic heterocycles. The number of hydrogen-bond acceptors (Lipinski definition) is 5. The molecule has 1 heterocycles. The number of halogens is 1. The van der Waals surface area contributed by atoms with Crippen molar-refractivity contribution < 1.29 is 19.4 Å². The van der Waals surface area contributed by atoms with E-state index in [1.165, 1.54) is 0 Å². The molecule has 2 atom stereocenters. The minimum Gasteiger partial charge on any atom is -0.494 e. The molecule has 3 aromatic carbocycles. The van der Waals surface area contributed by atoms with Crippen LogP contribution >= 0.6 is 15.9 Å². The van der Waals surface area contributed by atoms with Gasteiger partial charge in [0.15, 0.2) is 11.6 Å². The topological polar surface area (TPSA) is 80.2 Å². The summed E-state index contributed by atoms with van der Waals surface area (Å²) in [6, 6.07) is 25.5. The van der Waals surface area contributed by atoms with Crippen molar-refractivity contribution in [1.29, 1.82) is 0 Å². The molecule has 0 aromatic heterocycles. The first-order valence-electron chi connectivity index (χ1n) is 12.3. The van der Waals surface area contributed by atoms with E-state index in [0.29, 0.717) is 31.1 Å². The third-order valence-corrected chi connectivity index (χ3v) is 7.24. The van der Waals surface area contributed by atoms with Gasteiger partial charge in [-0.3, -0.25) is 4.79 Å². The van der Waals surface area contributed by atoms with Gasteiger partial charge in [0.25, 0.3) is 5.91 Å². The van der Waals surface area contributed by atoms with Crippen LogP contribution in [0.2, 0.25) is 0 Å². The molecular weight excluding hydrogens is 520 g/mol. The smallest absolute Gasteiger partial charge is 0.252 e. The standard InChI is InChI=1S/C29H29BrN2O4/c30-25-10-5-4-9-22(25)19-29(28(34)31-23-13-14-23)26(20-7-2-1-3-8-20)36-27(32-29)21-11-15-24(16-12-21)35-18-6-17-33/h1-5,7-12,15-16,23,26,33H,6,13-14,17-19H2,(H,31,34)/t26-,29-/m1/s1. The van der Waals surface area contributed by atoms with Crippen molar-refractivity contribution in [2.45, 2.75) is 43.4 Å². The molecule has 0 spiro atoms. The number of aliphatic hydroxyl groups excluding tert-OH is 1. The number of ether oxygens (including phenoxy) is 2. The maximum Gasteiger partial charge on any atom is 0.252 e. The Morgan fingerprint density at radius 2 is 1.78 bits per heavy atom. The number of carbonyl (C=O) groups is 1. The van der Waals surface area contributed by atoms with Crippen molar-refractivity contribution >= 4 is 27.7 Å². The average molecular weight is 549 g/mol. The molecule has 36 heavy (non-hydrogen) atoms. The van der Waals surface area contributed by atoms with Gasteiger partial charge in [0, 0.05) is 35.5 Å². The van der Waals surface area contributed by atoms with Gasteiger partial charge in [0.1, 0.15) is 5.75 Å². The molecule has 6 nitrogen and oxygen atoms in total. The van der Waals surface area contributed by atoms with Crippen LogP contribution in [0.15, 0.2) is 88.3 Å². The van der Waals surface area contributed by atoms with E-state index in [1.807, 2.05) is 78.9 Å². The van der Waals surface area contributed by atoms with E-state index in [1.54, 1.807) is 0 Å². The minimum atomic E-state index is -1.17. The number of amides is 1. The Morgan fingerprint density at radius 1 is 1.06 bits per heavy atom. The number of aliphatic hydroxyl groups is 1. The lowest BCUT2D eigenvalue weighted by molar-refractivity contribution is -0.129. The summed E-state index contributed by atoms with van der Waals surface area (Å²) in [5, 5.41) is 12.2. The largest absolute Gasteiger partial charge is 0.494 e. The van der Waals surface area contributed by atoms with E-state index < -0.39 is 11.6 Å². The van der Waals surface area contributed by atoms with Gasteiger partial charge in [0.05, 0.1) is 6.61 Å². The average Bonchev–Trinajstić information content (AvgIpc) is 3.64. The lowest BCUT2D eigenvalue weighted by atomic mass is 9.82. The van der Waals surface area contributed by atoms with Crippen molar-refractivity contribution in [3.8, 4) is 5.75 Å². The first kappa shape index (κ1) is 24.5. The third kappa shape index (κ3) is 5.32. The number of nitrogens with one attached hydrogen (secondary N) is 1. The van der Waals surface area contributed by atoms with Crippen LogP contribution in [0.1, 0.15) is 42.1 Å². The van der Waals surface area contributed by atoms with Gasteiger partial charge in [-0.1, -0.05) is 64.5 Å². The predicted molar refractivity (Wildman–Crippen MR) is 142 cm³/mol. The predicted octanol–water partition coefficient (Wildman–Crippen LogP) is 4.99. The summed E-state index contributed by atoms with van der Waals surface area (Å²) in [6.45, 7) is 0.534. The van der Waals surface area contributed by atoms with Gasteiger partial charge in [0.2, 0.25) is 5.90 Å². The first-order chi connectivity index (χ1) is 17.6. The molecular formula is C29H29BrN2O4. The lowest BCUT2D eigenvalue weighted by Gasteiger charge is -2.31. The van der Waals surface area contributed by atoms with Crippen LogP contribution in [0.5, 0.6) is 5.75 Å². The van der Waals surface area contributed by atoms with E-state index in [2.05, 4.69) is 21.2 Å². The van der Waals surface area contributed by atoms with Gasteiger partial charge in [-0.2, -0.15) is 0 Å². The Balaban J connectivity index is 1.55. The molecule has 3 aromatic rings. The van der Waals surface area contributed by atoms with Gasteiger partial charge >= 0.3 is 0 Å². The molecule has 1 aliphatic carbocycles. The second-order valence-corrected chi connectivity index (χ2v) is 10.1. The molecule has 0 radical (unpaired) electrons. The zero-order chi connectivity index (χ0) is 25.0. The van der Waals surface area contributed by atoms with Crippen LogP contribution in [0.4, 0.5) is 0 Å². The van der Waals surface area contributed by atoms with E-state index in [-0.39, 0.29) is 18.6 Å². The summed E-state index contributed by atoms with van der Waals surface area (Å²) in [6.07, 6.45) is 2.35. The van der Waals surface area contributed by atoms with Gasteiger partial charge in [-0.05, 0) is 54.3 Å². The molecule has 0 saturated heterocycles. The maximum atomic E-state index is 13.9. The van der Waals surface area contributed by atoms with Crippen LogP contribution in [0, 0.1) is 0 Å². The molecule has 1 fully saturated rings. The monoisotopic (exact) mass is 548 g/mol. The third-order valence-electron chi connectivity index (χ3n) is 6.46. The summed E-state index contributed by atoms with van der Waals surface area (Å²) < 4.78 is 13.1. The summed E-state index contributed by atoms with van der Waals surface area (Å²) >= 11 is 3.66. The van der Waals surface area contributed by atoms with E-state index in [9.17, 15) is 4.79 Å². The summed E-state index contributed by atoms with van der Waals surface area (Å²) in [7, 11) is 0. The highest BCUT2D eigenvalue weighted by molar-refractivity contribution is 9.10. The molecule has 5 rings (SSSR count). The minimum absolute atomic E-state index is 0.0894. The highest BCUT2D eigenvalue weighted by atomic mass is 79.9. The second-order valence-electron chi connectivity index (χ2n) is 9.22. The molecule has 2 aliphatic rings. The number of nitrogens with zero attached hydrogens (tertiary/aromatic N) is 1. The Hall–Kier alpha value is -3.16. The summed E-state index contributed by atoms with van der Waals surface area (Å²) in [4.78, 5) is 19.0. The van der Waals surface area contributed by atoms with E-state index >= 15 is 0 Å². The first-order valence-corrected chi connectivity index (χ1v) is 13.1. The number of carbonyl (C=O) groups excluding carboxylic acids is 1.